The zero-order valence-electron chi connectivity index (χ0n) is 11.4. The Kier molecular flexibility index (Phi) is 7.88. The summed E-state index contributed by atoms with van der Waals surface area (Å²) in [4.78, 5) is 13.1. The van der Waals surface area contributed by atoms with Crippen LogP contribution in [0.25, 0.3) is 0 Å². The van der Waals surface area contributed by atoms with E-state index < -0.39 is 0 Å². The van der Waals surface area contributed by atoms with Crippen LogP contribution in [0.2, 0.25) is 5.02 Å². The molecule has 2 rings (SSSR count). The molecule has 0 aliphatic heterocycles. The minimum Gasteiger partial charge on any atom is -0.353 e. The van der Waals surface area contributed by atoms with E-state index >= 15 is 0 Å². The van der Waals surface area contributed by atoms with Crippen molar-refractivity contribution < 1.29 is 4.79 Å². The SMILES string of the molecule is Cl.NCC1CCCCC1NC(=O)CCc1cc(Cl)cs1. The standard InChI is InChI=1S/C14H21ClN2OS.ClH/c15-11-7-12(19-9-11)5-6-14(18)17-13-4-2-1-3-10(13)8-16;/h7,9-10,13H,1-6,8,16H2,(H,17,18);1H. The van der Waals surface area contributed by atoms with E-state index in [0.29, 0.717) is 18.9 Å². The molecule has 2 atom stereocenters. The molecule has 1 aliphatic rings. The molecular weight excluding hydrogens is 315 g/mol. The number of amides is 1. The molecule has 1 fully saturated rings. The summed E-state index contributed by atoms with van der Waals surface area (Å²) in [7, 11) is 0. The lowest BCUT2D eigenvalue weighted by Crippen LogP contribution is -2.44. The molecule has 6 heteroatoms. The lowest BCUT2D eigenvalue weighted by molar-refractivity contribution is -0.122. The van der Waals surface area contributed by atoms with Crippen LogP contribution in [0.3, 0.4) is 0 Å². The van der Waals surface area contributed by atoms with Gasteiger partial charge in [0.05, 0.1) is 5.02 Å². The van der Waals surface area contributed by atoms with Crippen LogP contribution in [0.5, 0.6) is 0 Å². The maximum Gasteiger partial charge on any atom is 0.220 e. The quantitative estimate of drug-likeness (QED) is 0.865. The average molecular weight is 337 g/mol. The van der Waals surface area contributed by atoms with Crippen molar-refractivity contribution in [3.8, 4) is 0 Å². The van der Waals surface area contributed by atoms with Gasteiger partial charge in [-0.2, -0.15) is 0 Å². The van der Waals surface area contributed by atoms with Crippen molar-refractivity contribution in [3.05, 3.63) is 21.3 Å². The van der Waals surface area contributed by atoms with Crippen molar-refractivity contribution in [3.63, 3.8) is 0 Å². The van der Waals surface area contributed by atoms with Gasteiger partial charge in [-0.1, -0.05) is 24.4 Å². The van der Waals surface area contributed by atoms with Crippen LogP contribution < -0.4 is 11.1 Å². The van der Waals surface area contributed by atoms with Crippen molar-refractivity contribution in [1.29, 1.82) is 0 Å². The Morgan fingerprint density at radius 2 is 2.20 bits per heavy atom. The first kappa shape index (κ1) is 17.8. The molecule has 1 aromatic heterocycles. The van der Waals surface area contributed by atoms with Gasteiger partial charge in [-0.25, -0.2) is 0 Å². The Hall–Kier alpha value is -0.290. The van der Waals surface area contributed by atoms with Crippen molar-refractivity contribution in [2.45, 2.75) is 44.6 Å². The Bertz CT molecular complexity index is 425. The second kappa shape index (κ2) is 8.88. The van der Waals surface area contributed by atoms with Crippen LogP contribution in [0.4, 0.5) is 0 Å². The van der Waals surface area contributed by atoms with Crippen molar-refractivity contribution in [1.82, 2.24) is 5.32 Å². The summed E-state index contributed by atoms with van der Waals surface area (Å²) in [5.74, 6) is 0.587. The van der Waals surface area contributed by atoms with Gasteiger partial charge in [0, 0.05) is 22.7 Å². The van der Waals surface area contributed by atoms with E-state index in [2.05, 4.69) is 5.32 Å². The summed E-state index contributed by atoms with van der Waals surface area (Å²) < 4.78 is 0. The van der Waals surface area contributed by atoms with Crippen LogP contribution in [0, 0.1) is 5.92 Å². The number of halogens is 2. The van der Waals surface area contributed by atoms with Crippen LogP contribution in [-0.2, 0) is 11.2 Å². The third-order valence-electron chi connectivity index (χ3n) is 3.78. The number of thiophene rings is 1. The molecule has 1 aliphatic carbocycles. The van der Waals surface area contributed by atoms with Gasteiger partial charge in [-0.3, -0.25) is 4.79 Å². The fourth-order valence-corrected chi connectivity index (χ4v) is 3.76. The normalized spacial score (nSPS) is 22.1. The summed E-state index contributed by atoms with van der Waals surface area (Å²) in [5, 5.41) is 5.81. The number of aryl methyl sites for hydroxylation is 1. The molecule has 0 saturated heterocycles. The molecule has 1 aromatic rings. The Morgan fingerprint density at radius 1 is 1.45 bits per heavy atom. The summed E-state index contributed by atoms with van der Waals surface area (Å²) in [5.41, 5.74) is 5.77. The lowest BCUT2D eigenvalue weighted by atomic mass is 9.84. The first-order valence-corrected chi connectivity index (χ1v) is 8.17. The van der Waals surface area contributed by atoms with Gasteiger partial charge in [0.1, 0.15) is 0 Å². The molecule has 0 bridgehead atoms. The van der Waals surface area contributed by atoms with Gasteiger partial charge in [-0.15, -0.1) is 23.7 Å². The summed E-state index contributed by atoms with van der Waals surface area (Å²) in [6.45, 7) is 0.672. The van der Waals surface area contributed by atoms with Crippen LogP contribution in [-0.4, -0.2) is 18.5 Å². The number of nitrogens with one attached hydrogen (secondary N) is 1. The van der Waals surface area contributed by atoms with Crippen LogP contribution >= 0.6 is 35.3 Å². The fourth-order valence-electron chi connectivity index (χ4n) is 2.68. The van der Waals surface area contributed by atoms with E-state index in [1.54, 1.807) is 11.3 Å². The van der Waals surface area contributed by atoms with Gasteiger partial charge in [-0.05, 0) is 37.8 Å². The second-order valence-corrected chi connectivity index (χ2v) is 6.62. The topological polar surface area (TPSA) is 55.1 Å². The first-order chi connectivity index (χ1) is 9.19. The molecule has 114 valence electrons. The summed E-state index contributed by atoms with van der Waals surface area (Å²) >= 11 is 7.48. The van der Waals surface area contributed by atoms with Crippen LogP contribution in [0.15, 0.2) is 11.4 Å². The second-order valence-electron chi connectivity index (χ2n) is 5.19. The smallest absolute Gasteiger partial charge is 0.220 e. The van der Waals surface area contributed by atoms with E-state index in [0.717, 1.165) is 24.3 Å². The number of carbonyl (C=O) groups is 1. The maximum absolute atomic E-state index is 12.0. The zero-order valence-corrected chi connectivity index (χ0v) is 13.8. The molecule has 3 N–H and O–H groups in total. The van der Waals surface area contributed by atoms with E-state index in [1.165, 1.54) is 17.7 Å². The number of nitrogens with two attached hydrogens (primary N) is 1. The highest BCUT2D eigenvalue weighted by atomic mass is 35.5. The van der Waals surface area contributed by atoms with Crippen molar-refractivity contribution in [2.75, 3.05) is 6.54 Å². The Balaban J connectivity index is 0.00000200. The monoisotopic (exact) mass is 336 g/mol. The molecule has 1 heterocycles. The molecule has 20 heavy (non-hydrogen) atoms. The van der Waals surface area contributed by atoms with Crippen LogP contribution in [0.1, 0.15) is 37.0 Å². The average Bonchev–Trinajstić information content (AvgIpc) is 2.83. The third-order valence-corrected chi connectivity index (χ3v) is 5.12. The number of carbonyl (C=O) groups excluding carboxylic acids is 1. The molecule has 1 saturated carbocycles. The fraction of sp³-hybridized carbons (Fsp3) is 0.643. The van der Waals surface area contributed by atoms with Gasteiger partial charge < -0.3 is 11.1 Å². The number of hydrogen-bond donors (Lipinski definition) is 2. The molecule has 1 amide bonds. The zero-order chi connectivity index (χ0) is 13.7. The molecule has 0 radical (unpaired) electrons. The van der Waals surface area contributed by atoms with Gasteiger partial charge >= 0.3 is 0 Å². The van der Waals surface area contributed by atoms with E-state index in [4.69, 9.17) is 17.3 Å². The minimum atomic E-state index is 0. The number of hydrogen-bond acceptors (Lipinski definition) is 3. The van der Waals surface area contributed by atoms with Gasteiger partial charge in [0.15, 0.2) is 0 Å². The van der Waals surface area contributed by atoms with Crippen molar-refractivity contribution in [2.24, 2.45) is 11.7 Å². The van der Waals surface area contributed by atoms with E-state index in [9.17, 15) is 4.79 Å². The van der Waals surface area contributed by atoms with E-state index in [1.807, 2.05) is 11.4 Å². The van der Waals surface area contributed by atoms with E-state index in [-0.39, 0.29) is 24.4 Å². The largest absolute Gasteiger partial charge is 0.353 e. The molecule has 2 unspecified atom stereocenters. The van der Waals surface area contributed by atoms with Gasteiger partial charge in [0.2, 0.25) is 5.91 Å². The molecule has 0 spiro atoms. The highest BCUT2D eigenvalue weighted by molar-refractivity contribution is 7.10. The lowest BCUT2D eigenvalue weighted by Gasteiger charge is -2.31. The van der Waals surface area contributed by atoms with Crippen molar-refractivity contribution >= 4 is 41.3 Å². The number of rotatable bonds is 5. The highest BCUT2D eigenvalue weighted by Gasteiger charge is 2.25. The predicted molar refractivity (Wildman–Crippen MR) is 87.8 cm³/mol. The predicted octanol–water partition coefficient (Wildman–Crippen LogP) is 3.39. The Labute approximate surface area is 135 Å². The first-order valence-electron chi connectivity index (χ1n) is 6.91. The summed E-state index contributed by atoms with van der Waals surface area (Å²) in [6, 6.07) is 2.21. The Morgan fingerprint density at radius 3 is 2.85 bits per heavy atom. The minimum absolute atomic E-state index is 0. The molecular formula is C14H22Cl2N2OS. The third kappa shape index (κ3) is 5.24. The maximum atomic E-state index is 12.0. The molecule has 0 aromatic carbocycles. The van der Waals surface area contributed by atoms with Gasteiger partial charge in [0.25, 0.3) is 0 Å². The highest BCUT2D eigenvalue weighted by Crippen LogP contribution is 2.24. The molecule has 3 nitrogen and oxygen atoms in total. The summed E-state index contributed by atoms with van der Waals surface area (Å²) in [6.07, 6.45) is 5.94.